The number of aryl methyl sites for hydroxylation is 1. The third-order valence-corrected chi connectivity index (χ3v) is 4.69. The third-order valence-electron chi connectivity index (χ3n) is 4.69. The van der Waals surface area contributed by atoms with Crippen LogP contribution >= 0.6 is 0 Å². The first-order chi connectivity index (χ1) is 13.1. The fourth-order valence-corrected chi connectivity index (χ4v) is 2.94. The highest BCUT2D eigenvalue weighted by molar-refractivity contribution is 5.78. The Kier molecular flexibility index (Phi) is 8.49. The highest BCUT2D eigenvalue weighted by Crippen LogP contribution is 2.06. The molecule has 0 N–H and O–H groups in total. The lowest BCUT2D eigenvalue weighted by Gasteiger charge is -2.23. The van der Waals surface area contributed by atoms with Crippen molar-refractivity contribution in [3.8, 4) is 0 Å². The summed E-state index contributed by atoms with van der Waals surface area (Å²) < 4.78 is 0. The zero-order chi connectivity index (χ0) is 19.5. The lowest BCUT2D eigenvalue weighted by molar-refractivity contribution is -0.132. The fourth-order valence-electron chi connectivity index (χ4n) is 2.94. The topological polar surface area (TPSA) is 53.5 Å². The quantitative estimate of drug-likeness (QED) is 0.649. The van der Waals surface area contributed by atoms with Crippen LogP contribution in [0.5, 0.6) is 0 Å². The molecule has 27 heavy (non-hydrogen) atoms. The molecule has 1 aromatic carbocycles. The predicted octanol–water partition coefficient (Wildman–Crippen LogP) is 2.95. The van der Waals surface area contributed by atoms with Crippen LogP contribution in [0.2, 0.25) is 0 Å². The zero-order valence-electron chi connectivity index (χ0n) is 16.3. The molecule has 0 aliphatic rings. The minimum atomic E-state index is 0.0234. The van der Waals surface area contributed by atoms with Gasteiger partial charge in [0.1, 0.15) is 0 Å². The van der Waals surface area contributed by atoms with E-state index in [9.17, 15) is 9.59 Å². The summed E-state index contributed by atoms with van der Waals surface area (Å²) in [5.41, 5.74) is 2.43. The minimum absolute atomic E-state index is 0.0234. The number of nitrogens with zero attached hydrogens (tertiary/aromatic N) is 3. The second kappa shape index (κ2) is 11.1. The molecule has 5 nitrogen and oxygen atoms in total. The number of amides is 2. The maximum absolute atomic E-state index is 12.4. The molecule has 0 unspecified atom stereocenters. The molecule has 2 aromatic rings. The third kappa shape index (κ3) is 7.60. The molecule has 144 valence electrons. The lowest BCUT2D eigenvalue weighted by Crippen LogP contribution is -2.36. The molecule has 0 saturated carbocycles. The van der Waals surface area contributed by atoms with Crippen LogP contribution in [0, 0.1) is 0 Å². The van der Waals surface area contributed by atoms with Crippen LogP contribution in [-0.4, -0.2) is 53.3 Å². The molecule has 0 aliphatic carbocycles. The standard InChI is InChI=1S/C22H29N3O2/c1-19(26)25(16-6-9-20-7-4-3-5-8-20)18-13-22(27)24(2)17-12-21-10-14-23-15-11-21/h3-5,7-8,10-11,14-15H,6,9,12-13,16-18H2,1-2H3. The number of benzene rings is 1. The Morgan fingerprint density at radius 1 is 0.889 bits per heavy atom. The molecule has 0 aliphatic heterocycles. The minimum Gasteiger partial charge on any atom is -0.345 e. The van der Waals surface area contributed by atoms with Crippen LogP contribution in [-0.2, 0) is 22.4 Å². The van der Waals surface area contributed by atoms with Crippen LogP contribution in [0.3, 0.4) is 0 Å². The van der Waals surface area contributed by atoms with Crippen molar-refractivity contribution in [3.05, 3.63) is 66.0 Å². The highest BCUT2D eigenvalue weighted by atomic mass is 16.2. The fraction of sp³-hybridized carbons (Fsp3) is 0.409. The van der Waals surface area contributed by atoms with Crippen molar-refractivity contribution in [1.29, 1.82) is 0 Å². The number of carbonyl (C=O) groups excluding carboxylic acids is 2. The summed E-state index contributed by atoms with van der Waals surface area (Å²) in [6, 6.07) is 14.2. The molecule has 1 aromatic heterocycles. The van der Waals surface area contributed by atoms with Gasteiger partial charge in [0.25, 0.3) is 0 Å². The molecule has 2 amide bonds. The first-order valence-electron chi connectivity index (χ1n) is 9.48. The summed E-state index contributed by atoms with van der Waals surface area (Å²) in [4.78, 5) is 31.7. The molecule has 1 heterocycles. The second-order valence-corrected chi connectivity index (χ2v) is 6.77. The maximum atomic E-state index is 12.4. The van der Waals surface area contributed by atoms with Gasteiger partial charge in [0.15, 0.2) is 0 Å². The molecule has 0 radical (unpaired) electrons. The maximum Gasteiger partial charge on any atom is 0.224 e. The van der Waals surface area contributed by atoms with E-state index in [1.807, 2.05) is 37.4 Å². The van der Waals surface area contributed by atoms with E-state index in [4.69, 9.17) is 0 Å². The van der Waals surface area contributed by atoms with Crippen molar-refractivity contribution >= 4 is 11.8 Å². The average molecular weight is 367 g/mol. The number of carbonyl (C=O) groups is 2. The molecule has 2 rings (SSSR count). The van der Waals surface area contributed by atoms with E-state index in [0.717, 1.165) is 24.8 Å². The largest absolute Gasteiger partial charge is 0.345 e. The van der Waals surface area contributed by atoms with Crippen molar-refractivity contribution in [2.75, 3.05) is 26.7 Å². The van der Waals surface area contributed by atoms with Crippen molar-refractivity contribution in [2.45, 2.75) is 32.6 Å². The summed E-state index contributed by atoms with van der Waals surface area (Å²) >= 11 is 0. The Balaban J connectivity index is 1.71. The number of aromatic nitrogens is 1. The van der Waals surface area contributed by atoms with Gasteiger partial charge in [0.05, 0.1) is 0 Å². The number of rotatable bonds is 10. The Bertz CT molecular complexity index is 704. The summed E-state index contributed by atoms with van der Waals surface area (Å²) in [5, 5.41) is 0. The molecule has 5 heteroatoms. The molecule has 0 fully saturated rings. The van der Waals surface area contributed by atoms with E-state index in [1.165, 1.54) is 5.56 Å². The summed E-state index contributed by atoms with van der Waals surface area (Å²) in [6.07, 6.45) is 6.52. The zero-order valence-corrected chi connectivity index (χ0v) is 16.3. The van der Waals surface area contributed by atoms with Gasteiger partial charge in [-0.2, -0.15) is 0 Å². The van der Waals surface area contributed by atoms with E-state index in [2.05, 4.69) is 17.1 Å². The number of pyridine rings is 1. The Morgan fingerprint density at radius 2 is 1.56 bits per heavy atom. The summed E-state index contributed by atoms with van der Waals surface area (Å²) in [7, 11) is 1.82. The molecular weight excluding hydrogens is 338 g/mol. The van der Waals surface area contributed by atoms with E-state index in [1.54, 1.807) is 29.1 Å². The monoisotopic (exact) mass is 367 g/mol. The first kappa shape index (κ1) is 20.6. The van der Waals surface area contributed by atoms with Crippen molar-refractivity contribution < 1.29 is 9.59 Å². The normalized spacial score (nSPS) is 10.4. The Morgan fingerprint density at radius 3 is 2.22 bits per heavy atom. The Labute approximate surface area is 162 Å². The van der Waals surface area contributed by atoms with Crippen LogP contribution in [0.25, 0.3) is 0 Å². The highest BCUT2D eigenvalue weighted by Gasteiger charge is 2.14. The average Bonchev–Trinajstić information content (AvgIpc) is 2.69. The molecule has 0 spiro atoms. The van der Waals surface area contributed by atoms with Crippen molar-refractivity contribution in [3.63, 3.8) is 0 Å². The van der Waals surface area contributed by atoms with Gasteiger partial charge in [-0.05, 0) is 42.5 Å². The van der Waals surface area contributed by atoms with E-state index in [-0.39, 0.29) is 11.8 Å². The van der Waals surface area contributed by atoms with Crippen LogP contribution in [0.15, 0.2) is 54.9 Å². The molecule has 0 atom stereocenters. The first-order valence-corrected chi connectivity index (χ1v) is 9.48. The van der Waals surface area contributed by atoms with Crippen molar-refractivity contribution in [1.82, 2.24) is 14.8 Å². The lowest BCUT2D eigenvalue weighted by atomic mass is 10.1. The molecule has 0 bridgehead atoms. The van der Waals surface area contributed by atoms with Gasteiger partial charge in [-0.25, -0.2) is 0 Å². The SMILES string of the molecule is CC(=O)N(CCCc1ccccc1)CCC(=O)N(C)CCc1ccncc1. The van der Waals surface area contributed by atoms with Gasteiger partial charge in [0.2, 0.25) is 11.8 Å². The Hall–Kier alpha value is -2.69. The van der Waals surface area contributed by atoms with E-state index < -0.39 is 0 Å². The summed E-state index contributed by atoms with van der Waals surface area (Å²) in [5.74, 6) is 0.0914. The van der Waals surface area contributed by atoms with Crippen LogP contribution in [0.4, 0.5) is 0 Å². The molecular formula is C22H29N3O2. The van der Waals surface area contributed by atoms with Crippen LogP contribution < -0.4 is 0 Å². The summed E-state index contributed by atoms with van der Waals surface area (Å²) in [6.45, 7) is 3.39. The molecule has 0 saturated heterocycles. The van der Waals surface area contributed by atoms with Gasteiger partial charge < -0.3 is 9.80 Å². The van der Waals surface area contributed by atoms with Crippen LogP contribution in [0.1, 0.15) is 30.9 Å². The van der Waals surface area contributed by atoms with Gasteiger partial charge in [-0.3, -0.25) is 14.6 Å². The number of likely N-dealkylation sites (N-methyl/N-ethyl adjacent to an activating group) is 1. The smallest absolute Gasteiger partial charge is 0.224 e. The van der Waals surface area contributed by atoms with Crippen molar-refractivity contribution in [2.24, 2.45) is 0 Å². The number of hydrogen-bond donors (Lipinski definition) is 0. The van der Waals surface area contributed by atoms with Gasteiger partial charge in [0, 0.05) is 52.4 Å². The predicted molar refractivity (Wildman–Crippen MR) is 107 cm³/mol. The second-order valence-electron chi connectivity index (χ2n) is 6.77. The van der Waals surface area contributed by atoms with Gasteiger partial charge >= 0.3 is 0 Å². The van der Waals surface area contributed by atoms with Gasteiger partial charge in [-0.1, -0.05) is 30.3 Å². The number of hydrogen-bond acceptors (Lipinski definition) is 3. The van der Waals surface area contributed by atoms with Gasteiger partial charge in [-0.15, -0.1) is 0 Å². The van der Waals surface area contributed by atoms with E-state index >= 15 is 0 Å². The van der Waals surface area contributed by atoms with E-state index in [0.29, 0.717) is 26.1 Å².